The molecule has 0 amide bonds. The standard InChI is InChI=1S/C17H28N4O2/c1-17(2,3)23-16(22)15-6-4-5-14(20-15)13-21-11-9-18-7-8-19-10-12-21/h4-6,18-19H,7-13H2,1-3H3. The van der Waals surface area contributed by atoms with Gasteiger partial charge in [0.25, 0.3) is 0 Å². The van der Waals surface area contributed by atoms with Gasteiger partial charge in [-0.05, 0) is 32.9 Å². The average Bonchev–Trinajstić information content (AvgIpc) is 2.60. The molecular weight excluding hydrogens is 292 g/mol. The van der Waals surface area contributed by atoms with Crippen LogP contribution in [0.4, 0.5) is 0 Å². The summed E-state index contributed by atoms with van der Waals surface area (Å²) in [6.45, 7) is 12.2. The predicted octanol–water partition coefficient (Wildman–Crippen LogP) is 1.03. The van der Waals surface area contributed by atoms with E-state index in [0.29, 0.717) is 5.69 Å². The van der Waals surface area contributed by atoms with E-state index < -0.39 is 5.60 Å². The lowest BCUT2D eigenvalue weighted by Gasteiger charge is -2.22. The first-order chi connectivity index (χ1) is 10.9. The van der Waals surface area contributed by atoms with Crippen molar-refractivity contribution in [3.8, 4) is 0 Å². The molecule has 0 aliphatic carbocycles. The van der Waals surface area contributed by atoms with Gasteiger partial charge in [-0.3, -0.25) is 4.90 Å². The Morgan fingerprint density at radius 3 is 2.43 bits per heavy atom. The van der Waals surface area contributed by atoms with Gasteiger partial charge in [0.05, 0.1) is 5.69 Å². The average molecular weight is 320 g/mol. The number of aromatic nitrogens is 1. The summed E-state index contributed by atoms with van der Waals surface area (Å²) in [7, 11) is 0. The molecule has 0 radical (unpaired) electrons. The minimum absolute atomic E-state index is 0.368. The number of nitrogens with zero attached hydrogens (tertiary/aromatic N) is 2. The van der Waals surface area contributed by atoms with Crippen LogP contribution in [0.5, 0.6) is 0 Å². The number of pyridine rings is 1. The van der Waals surface area contributed by atoms with Crippen LogP contribution in [0, 0.1) is 0 Å². The molecule has 1 saturated heterocycles. The van der Waals surface area contributed by atoms with E-state index in [0.717, 1.165) is 51.5 Å². The fourth-order valence-electron chi connectivity index (χ4n) is 2.41. The number of carbonyl (C=O) groups excluding carboxylic acids is 1. The van der Waals surface area contributed by atoms with E-state index >= 15 is 0 Å². The summed E-state index contributed by atoms with van der Waals surface area (Å²) in [5, 5.41) is 6.80. The molecule has 0 bridgehead atoms. The SMILES string of the molecule is CC(C)(C)OC(=O)c1cccc(CN2CCNCCNCC2)n1. The molecule has 23 heavy (non-hydrogen) atoms. The van der Waals surface area contributed by atoms with Crippen molar-refractivity contribution in [3.05, 3.63) is 29.6 Å². The Bertz CT molecular complexity index is 504. The normalized spacial score (nSPS) is 17.9. The molecule has 0 unspecified atom stereocenters. The van der Waals surface area contributed by atoms with Crippen molar-refractivity contribution < 1.29 is 9.53 Å². The monoisotopic (exact) mass is 320 g/mol. The summed E-state index contributed by atoms with van der Waals surface area (Å²) >= 11 is 0. The summed E-state index contributed by atoms with van der Waals surface area (Å²) < 4.78 is 5.39. The van der Waals surface area contributed by atoms with Crippen molar-refractivity contribution in [2.75, 3.05) is 39.3 Å². The van der Waals surface area contributed by atoms with Crippen LogP contribution in [0.1, 0.15) is 37.0 Å². The Morgan fingerprint density at radius 1 is 1.17 bits per heavy atom. The van der Waals surface area contributed by atoms with E-state index in [2.05, 4.69) is 20.5 Å². The minimum Gasteiger partial charge on any atom is -0.455 e. The molecule has 2 rings (SSSR count). The van der Waals surface area contributed by atoms with Gasteiger partial charge in [-0.2, -0.15) is 0 Å². The Morgan fingerprint density at radius 2 is 1.83 bits per heavy atom. The molecule has 1 aromatic heterocycles. The molecule has 0 atom stereocenters. The van der Waals surface area contributed by atoms with E-state index in [1.165, 1.54) is 0 Å². The maximum Gasteiger partial charge on any atom is 0.357 e. The third-order valence-corrected chi connectivity index (χ3v) is 3.49. The first-order valence-electron chi connectivity index (χ1n) is 8.27. The van der Waals surface area contributed by atoms with E-state index in [9.17, 15) is 4.79 Å². The number of nitrogens with one attached hydrogen (secondary N) is 2. The lowest BCUT2D eigenvalue weighted by atomic mass is 10.2. The Kier molecular flexibility index (Phi) is 6.50. The van der Waals surface area contributed by atoms with Crippen molar-refractivity contribution in [2.24, 2.45) is 0 Å². The summed E-state index contributed by atoms with van der Waals surface area (Å²) in [6.07, 6.45) is 0. The van der Waals surface area contributed by atoms with E-state index in [4.69, 9.17) is 4.74 Å². The number of hydrogen-bond acceptors (Lipinski definition) is 6. The highest BCUT2D eigenvalue weighted by atomic mass is 16.6. The zero-order chi connectivity index (χ0) is 16.7. The summed E-state index contributed by atoms with van der Waals surface area (Å²) in [4.78, 5) is 18.9. The van der Waals surface area contributed by atoms with Crippen molar-refractivity contribution in [2.45, 2.75) is 32.9 Å². The predicted molar refractivity (Wildman–Crippen MR) is 90.4 cm³/mol. The summed E-state index contributed by atoms with van der Waals surface area (Å²) in [5.74, 6) is -0.368. The van der Waals surface area contributed by atoms with Crippen LogP contribution in [-0.2, 0) is 11.3 Å². The number of ether oxygens (including phenoxy) is 1. The van der Waals surface area contributed by atoms with E-state index in [1.807, 2.05) is 32.9 Å². The smallest absolute Gasteiger partial charge is 0.357 e. The molecular formula is C17H28N4O2. The number of esters is 1. The van der Waals surface area contributed by atoms with Gasteiger partial charge in [-0.25, -0.2) is 9.78 Å². The second-order valence-electron chi connectivity index (χ2n) is 6.79. The van der Waals surface area contributed by atoms with E-state index in [1.54, 1.807) is 6.07 Å². The molecule has 6 nitrogen and oxygen atoms in total. The second kappa shape index (κ2) is 8.38. The summed E-state index contributed by atoms with van der Waals surface area (Å²) in [6, 6.07) is 5.54. The fourth-order valence-corrected chi connectivity index (χ4v) is 2.41. The fraction of sp³-hybridized carbons (Fsp3) is 0.647. The zero-order valence-corrected chi connectivity index (χ0v) is 14.4. The van der Waals surface area contributed by atoms with Gasteiger partial charge in [0.2, 0.25) is 0 Å². The highest BCUT2D eigenvalue weighted by molar-refractivity contribution is 5.87. The maximum absolute atomic E-state index is 12.1. The van der Waals surface area contributed by atoms with Crippen LogP contribution < -0.4 is 10.6 Å². The lowest BCUT2D eigenvalue weighted by Crippen LogP contribution is -2.34. The van der Waals surface area contributed by atoms with Crippen molar-refractivity contribution >= 4 is 5.97 Å². The third-order valence-electron chi connectivity index (χ3n) is 3.49. The molecule has 128 valence electrons. The molecule has 0 aromatic carbocycles. The maximum atomic E-state index is 12.1. The Balaban J connectivity index is 1.99. The lowest BCUT2D eigenvalue weighted by molar-refractivity contribution is 0.00623. The quantitative estimate of drug-likeness (QED) is 0.811. The van der Waals surface area contributed by atoms with Crippen LogP contribution in [-0.4, -0.2) is 60.7 Å². The first kappa shape index (κ1) is 17.8. The Hall–Kier alpha value is -1.50. The molecule has 6 heteroatoms. The van der Waals surface area contributed by atoms with Gasteiger partial charge in [-0.1, -0.05) is 6.07 Å². The highest BCUT2D eigenvalue weighted by Gasteiger charge is 2.19. The van der Waals surface area contributed by atoms with Crippen molar-refractivity contribution in [1.29, 1.82) is 0 Å². The molecule has 1 fully saturated rings. The van der Waals surface area contributed by atoms with Crippen molar-refractivity contribution in [1.82, 2.24) is 20.5 Å². The summed E-state index contributed by atoms with van der Waals surface area (Å²) in [5.41, 5.74) is 0.762. The van der Waals surface area contributed by atoms with Gasteiger partial charge in [-0.15, -0.1) is 0 Å². The van der Waals surface area contributed by atoms with Crippen LogP contribution in [0.3, 0.4) is 0 Å². The van der Waals surface area contributed by atoms with Crippen molar-refractivity contribution in [3.63, 3.8) is 0 Å². The topological polar surface area (TPSA) is 66.5 Å². The Labute approximate surface area is 138 Å². The number of carbonyl (C=O) groups is 1. The molecule has 1 aliphatic rings. The van der Waals surface area contributed by atoms with Crippen LogP contribution in [0.2, 0.25) is 0 Å². The molecule has 2 heterocycles. The van der Waals surface area contributed by atoms with Crippen LogP contribution in [0.25, 0.3) is 0 Å². The minimum atomic E-state index is -0.507. The van der Waals surface area contributed by atoms with E-state index in [-0.39, 0.29) is 5.97 Å². The van der Waals surface area contributed by atoms with Gasteiger partial charge < -0.3 is 15.4 Å². The number of rotatable bonds is 3. The largest absolute Gasteiger partial charge is 0.455 e. The number of hydrogen-bond donors (Lipinski definition) is 2. The second-order valence-corrected chi connectivity index (χ2v) is 6.79. The first-order valence-corrected chi connectivity index (χ1v) is 8.27. The van der Waals surface area contributed by atoms with Gasteiger partial charge in [0.15, 0.2) is 0 Å². The highest BCUT2D eigenvalue weighted by Crippen LogP contribution is 2.12. The van der Waals surface area contributed by atoms with Gasteiger partial charge in [0.1, 0.15) is 11.3 Å². The molecule has 2 N–H and O–H groups in total. The van der Waals surface area contributed by atoms with Gasteiger partial charge >= 0.3 is 5.97 Å². The third kappa shape index (κ3) is 6.64. The van der Waals surface area contributed by atoms with Crippen LogP contribution >= 0.6 is 0 Å². The van der Waals surface area contributed by atoms with Gasteiger partial charge in [0, 0.05) is 45.8 Å². The molecule has 1 aromatic rings. The molecule has 0 saturated carbocycles. The van der Waals surface area contributed by atoms with Crippen LogP contribution in [0.15, 0.2) is 18.2 Å². The zero-order valence-electron chi connectivity index (χ0n) is 14.4. The molecule has 1 aliphatic heterocycles. The molecule has 0 spiro atoms.